The van der Waals surface area contributed by atoms with Crippen molar-refractivity contribution >= 4 is 29.3 Å². The summed E-state index contributed by atoms with van der Waals surface area (Å²) in [6, 6.07) is 13.7. The third kappa shape index (κ3) is 4.70. The van der Waals surface area contributed by atoms with Crippen LogP contribution < -0.4 is 19.7 Å². The standard InChI is InChI=1S/C20H21ClN2O3/c1-23(16-6-3-2-4-7-16)11-5-10-22-19(24)9-8-15-12-17(21)20-18(13-15)25-14-26-20/h2-4,6-9,12-13H,5,10-11,14H2,1H3,(H,22,24). The van der Waals surface area contributed by atoms with E-state index in [2.05, 4.69) is 22.3 Å². The highest BCUT2D eigenvalue weighted by Crippen LogP contribution is 2.40. The molecule has 3 rings (SSSR count). The van der Waals surface area contributed by atoms with Gasteiger partial charge < -0.3 is 19.7 Å². The fourth-order valence-electron chi connectivity index (χ4n) is 2.65. The predicted octanol–water partition coefficient (Wildman–Crippen LogP) is 3.72. The first-order valence-electron chi connectivity index (χ1n) is 8.45. The third-order valence-corrected chi connectivity index (χ3v) is 4.32. The van der Waals surface area contributed by atoms with Crippen LogP contribution in [0.1, 0.15) is 12.0 Å². The number of hydrogen-bond acceptors (Lipinski definition) is 4. The van der Waals surface area contributed by atoms with Gasteiger partial charge in [-0.2, -0.15) is 0 Å². The van der Waals surface area contributed by atoms with Crippen molar-refractivity contribution in [3.8, 4) is 11.5 Å². The number of carbonyl (C=O) groups excluding carboxylic acids is 1. The zero-order valence-corrected chi connectivity index (χ0v) is 15.3. The van der Waals surface area contributed by atoms with Gasteiger partial charge in [0.05, 0.1) is 5.02 Å². The maximum Gasteiger partial charge on any atom is 0.244 e. The van der Waals surface area contributed by atoms with Crippen molar-refractivity contribution in [2.45, 2.75) is 6.42 Å². The summed E-state index contributed by atoms with van der Waals surface area (Å²) in [4.78, 5) is 14.1. The number of rotatable bonds is 7. The number of benzene rings is 2. The van der Waals surface area contributed by atoms with Gasteiger partial charge in [0.1, 0.15) is 0 Å². The number of para-hydroxylation sites is 1. The highest BCUT2D eigenvalue weighted by atomic mass is 35.5. The first-order chi connectivity index (χ1) is 12.6. The van der Waals surface area contributed by atoms with Gasteiger partial charge in [0.25, 0.3) is 0 Å². The monoisotopic (exact) mass is 372 g/mol. The van der Waals surface area contributed by atoms with Crippen LogP contribution in [0.15, 0.2) is 48.5 Å². The Morgan fingerprint density at radius 2 is 2.08 bits per heavy atom. The molecule has 0 bridgehead atoms. The fourth-order valence-corrected chi connectivity index (χ4v) is 2.93. The number of fused-ring (bicyclic) bond motifs is 1. The Morgan fingerprint density at radius 1 is 1.27 bits per heavy atom. The minimum absolute atomic E-state index is 0.138. The zero-order valence-electron chi connectivity index (χ0n) is 14.6. The minimum Gasteiger partial charge on any atom is -0.454 e. The molecule has 0 saturated heterocycles. The largest absolute Gasteiger partial charge is 0.454 e. The van der Waals surface area contributed by atoms with Gasteiger partial charge in [-0.15, -0.1) is 0 Å². The van der Waals surface area contributed by atoms with E-state index in [0.717, 1.165) is 18.5 Å². The summed E-state index contributed by atoms with van der Waals surface area (Å²) < 4.78 is 10.6. The van der Waals surface area contributed by atoms with Crippen LogP contribution in [0.3, 0.4) is 0 Å². The molecule has 1 N–H and O–H groups in total. The van der Waals surface area contributed by atoms with Crippen LogP contribution >= 0.6 is 11.6 Å². The first kappa shape index (κ1) is 18.1. The Hall–Kier alpha value is -2.66. The van der Waals surface area contributed by atoms with E-state index in [-0.39, 0.29) is 12.7 Å². The normalized spacial score (nSPS) is 12.4. The lowest BCUT2D eigenvalue weighted by Gasteiger charge is -2.19. The van der Waals surface area contributed by atoms with Gasteiger partial charge in [-0.05, 0) is 42.3 Å². The van der Waals surface area contributed by atoms with E-state index in [1.54, 1.807) is 18.2 Å². The van der Waals surface area contributed by atoms with Crippen molar-refractivity contribution in [2.75, 3.05) is 31.8 Å². The summed E-state index contributed by atoms with van der Waals surface area (Å²) >= 11 is 6.13. The number of carbonyl (C=O) groups is 1. The second-order valence-electron chi connectivity index (χ2n) is 5.97. The molecule has 1 amide bonds. The van der Waals surface area contributed by atoms with E-state index in [9.17, 15) is 4.79 Å². The van der Waals surface area contributed by atoms with Crippen LogP contribution in [0.4, 0.5) is 5.69 Å². The van der Waals surface area contributed by atoms with Crippen LogP contribution in [0.2, 0.25) is 5.02 Å². The topological polar surface area (TPSA) is 50.8 Å². The summed E-state index contributed by atoms with van der Waals surface area (Å²) in [5.74, 6) is 1.01. The summed E-state index contributed by atoms with van der Waals surface area (Å²) in [5, 5.41) is 3.36. The number of nitrogens with zero attached hydrogens (tertiary/aromatic N) is 1. The third-order valence-electron chi connectivity index (χ3n) is 4.04. The Balaban J connectivity index is 1.43. The zero-order chi connectivity index (χ0) is 18.4. The Morgan fingerprint density at radius 3 is 2.88 bits per heavy atom. The number of hydrogen-bond donors (Lipinski definition) is 1. The van der Waals surface area contributed by atoms with Crippen LogP contribution in [-0.4, -0.2) is 32.8 Å². The molecule has 0 radical (unpaired) electrons. The quantitative estimate of drug-likeness (QED) is 0.594. The molecule has 0 aliphatic carbocycles. The Bertz CT molecular complexity index is 793. The lowest BCUT2D eigenvalue weighted by atomic mass is 10.2. The van der Waals surface area contributed by atoms with Gasteiger partial charge >= 0.3 is 0 Å². The van der Waals surface area contributed by atoms with Gasteiger partial charge in [-0.1, -0.05) is 29.8 Å². The fraction of sp³-hybridized carbons (Fsp3) is 0.250. The highest BCUT2D eigenvalue weighted by Gasteiger charge is 2.17. The molecule has 6 heteroatoms. The van der Waals surface area contributed by atoms with E-state index in [0.29, 0.717) is 23.1 Å². The second-order valence-corrected chi connectivity index (χ2v) is 6.38. The predicted molar refractivity (Wildman–Crippen MR) is 104 cm³/mol. The molecule has 0 unspecified atom stereocenters. The number of amides is 1. The van der Waals surface area contributed by atoms with Crippen molar-refractivity contribution in [3.63, 3.8) is 0 Å². The van der Waals surface area contributed by atoms with Gasteiger partial charge in [-0.3, -0.25) is 4.79 Å². The molecule has 1 aliphatic heterocycles. The van der Waals surface area contributed by atoms with E-state index in [1.165, 1.54) is 11.8 Å². The lowest BCUT2D eigenvalue weighted by Crippen LogP contribution is -2.26. The first-order valence-corrected chi connectivity index (χ1v) is 8.82. The summed E-state index contributed by atoms with van der Waals surface area (Å²) in [6.07, 6.45) is 4.06. The molecule has 2 aromatic rings. The van der Waals surface area contributed by atoms with E-state index in [4.69, 9.17) is 21.1 Å². The number of ether oxygens (including phenoxy) is 2. The van der Waals surface area contributed by atoms with Crippen molar-refractivity contribution < 1.29 is 14.3 Å². The van der Waals surface area contributed by atoms with Gasteiger partial charge in [0.2, 0.25) is 12.7 Å². The van der Waals surface area contributed by atoms with Crippen LogP contribution in [0, 0.1) is 0 Å². The maximum atomic E-state index is 11.9. The SMILES string of the molecule is CN(CCCNC(=O)C=Cc1cc(Cl)c2c(c1)OCO2)c1ccccc1. The smallest absolute Gasteiger partial charge is 0.244 e. The van der Waals surface area contributed by atoms with Crippen molar-refractivity contribution in [2.24, 2.45) is 0 Å². The minimum atomic E-state index is -0.138. The molecule has 1 aliphatic rings. The summed E-state index contributed by atoms with van der Waals surface area (Å²) in [6.45, 7) is 1.65. The molecular weight excluding hydrogens is 352 g/mol. The molecule has 5 nitrogen and oxygen atoms in total. The van der Waals surface area contributed by atoms with Crippen LogP contribution in [0.25, 0.3) is 6.08 Å². The van der Waals surface area contributed by atoms with Crippen molar-refractivity contribution in [1.82, 2.24) is 5.32 Å². The lowest BCUT2D eigenvalue weighted by molar-refractivity contribution is -0.116. The maximum absolute atomic E-state index is 11.9. The van der Waals surface area contributed by atoms with Crippen LogP contribution in [0.5, 0.6) is 11.5 Å². The average molecular weight is 373 g/mol. The molecular formula is C20H21ClN2O3. The van der Waals surface area contributed by atoms with Crippen molar-refractivity contribution in [3.05, 3.63) is 59.1 Å². The molecule has 0 fully saturated rings. The highest BCUT2D eigenvalue weighted by molar-refractivity contribution is 6.32. The van der Waals surface area contributed by atoms with E-state index >= 15 is 0 Å². The van der Waals surface area contributed by atoms with Crippen molar-refractivity contribution in [1.29, 1.82) is 0 Å². The molecule has 1 heterocycles. The molecule has 2 aromatic carbocycles. The Labute approximate surface area is 158 Å². The Kier molecular flexibility index (Phi) is 6.02. The number of anilines is 1. The molecule has 0 saturated carbocycles. The molecule has 0 spiro atoms. The molecule has 136 valence electrons. The molecule has 26 heavy (non-hydrogen) atoms. The number of halogens is 1. The van der Waals surface area contributed by atoms with E-state index in [1.807, 2.05) is 25.2 Å². The second kappa shape index (κ2) is 8.63. The average Bonchev–Trinajstić information content (AvgIpc) is 3.13. The van der Waals surface area contributed by atoms with Gasteiger partial charge in [0, 0.05) is 31.9 Å². The van der Waals surface area contributed by atoms with Crippen LogP contribution in [-0.2, 0) is 4.79 Å². The number of nitrogens with one attached hydrogen (secondary N) is 1. The molecule has 0 aromatic heterocycles. The van der Waals surface area contributed by atoms with Gasteiger partial charge in [0.15, 0.2) is 11.5 Å². The summed E-state index contributed by atoms with van der Waals surface area (Å²) in [5.41, 5.74) is 1.96. The molecule has 0 atom stereocenters. The summed E-state index contributed by atoms with van der Waals surface area (Å²) in [7, 11) is 2.04. The van der Waals surface area contributed by atoms with E-state index < -0.39 is 0 Å². The van der Waals surface area contributed by atoms with Gasteiger partial charge in [-0.25, -0.2) is 0 Å².